The summed E-state index contributed by atoms with van der Waals surface area (Å²) in [4.78, 5) is 39.9. The fraction of sp³-hybridized carbons (Fsp3) is 0.324. The number of fused-ring (bicyclic) bond motifs is 1. The lowest BCUT2D eigenvalue weighted by molar-refractivity contribution is -0.137. The van der Waals surface area contributed by atoms with Crippen molar-refractivity contribution in [2.75, 3.05) is 38.5 Å². The molecule has 0 unspecified atom stereocenters. The Morgan fingerprint density at radius 2 is 1.53 bits per heavy atom. The van der Waals surface area contributed by atoms with E-state index in [2.05, 4.69) is 30.9 Å². The number of nitrogens with zero attached hydrogens (tertiary/aromatic N) is 5. The molecule has 2 aromatic heterocycles. The van der Waals surface area contributed by atoms with E-state index in [0.29, 0.717) is 19.5 Å². The van der Waals surface area contributed by atoms with Gasteiger partial charge in [-0.3, -0.25) is 14.2 Å². The van der Waals surface area contributed by atoms with Crippen LogP contribution >= 0.6 is 0 Å². The largest absolute Gasteiger partial charge is 0.387 e. The second kappa shape index (κ2) is 16.6. The van der Waals surface area contributed by atoms with E-state index in [-0.39, 0.29) is 46.7 Å². The number of sulfonamides is 1. The first kappa shape index (κ1) is 37.5. The van der Waals surface area contributed by atoms with Crippen LogP contribution in [0.5, 0.6) is 0 Å². The number of aromatic nitrogens is 4. The molecule has 0 radical (unpaired) electrons. The van der Waals surface area contributed by atoms with Gasteiger partial charge in [0.05, 0.1) is 11.2 Å². The zero-order valence-corrected chi connectivity index (χ0v) is 30.1. The number of imidazole rings is 1. The van der Waals surface area contributed by atoms with Crippen LogP contribution in [0.15, 0.2) is 102 Å². The summed E-state index contributed by atoms with van der Waals surface area (Å²) in [7, 11) is -2.22. The highest BCUT2D eigenvalue weighted by Gasteiger charge is 2.47. The molecule has 0 saturated carbocycles. The molecule has 3 aromatic carbocycles. The number of ether oxygens (including phenoxy) is 1. The number of hydrogen-bond acceptors (Lipinski definition) is 11. The Morgan fingerprint density at radius 3 is 2.15 bits per heavy atom. The zero-order chi connectivity index (χ0) is 37.5. The molecule has 53 heavy (non-hydrogen) atoms. The summed E-state index contributed by atoms with van der Waals surface area (Å²) >= 11 is 0. The van der Waals surface area contributed by atoms with Gasteiger partial charge in [-0.25, -0.2) is 27.7 Å². The van der Waals surface area contributed by atoms with Crippen LogP contribution in [0.25, 0.3) is 11.2 Å². The number of anilines is 1. The van der Waals surface area contributed by atoms with Gasteiger partial charge in [-0.05, 0) is 36.6 Å². The Bertz CT molecular complexity index is 2080. The Hall–Kier alpha value is -5.26. The molecule has 2 amide bonds. The lowest BCUT2D eigenvalue weighted by Crippen LogP contribution is -2.42. The van der Waals surface area contributed by atoms with E-state index >= 15 is 0 Å². The van der Waals surface area contributed by atoms with Crippen molar-refractivity contribution in [2.45, 2.75) is 48.7 Å². The summed E-state index contributed by atoms with van der Waals surface area (Å²) in [5.41, 5.74) is 2.48. The highest BCUT2D eigenvalue weighted by molar-refractivity contribution is 7.89. The van der Waals surface area contributed by atoms with Crippen LogP contribution in [-0.2, 0) is 19.6 Å². The normalized spacial score (nSPS) is 18.8. The van der Waals surface area contributed by atoms with Gasteiger partial charge in [0.2, 0.25) is 15.8 Å². The number of rotatable bonds is 15. The van der Waals surface area contributed by atoms with Gasteiger partial charge in [0.1, 0.15) is 12.2 Å². The third-order valence-corrected chi connectivity index (χ3v) is 10.9. The molecule has 1 aliphatic heterocycles. The van der Waals surface area contributed by atoms with E-state index < -0.39 is 46.4 Å². The van der Waals surface area contributed by atoms with Crippen molar-refractivity contribution >= 4 is 38.8 Å². The molecule has 6 rings (SSSR count). The molecular weight excluding hydrogens is 701 g/mol. The minimum atomic E-state index is -3.70. The van der Waals surface area contributed by atoms with Crippen molar-refractivity contribution in [3.8, 4) is 0 Å². The molecule has 4 atom stereocenters. The fourth-order valence-corrected chi connectivity index (χ4v) is 7.41. The Kier molecular flexibility index (Phi) is 11.7. The number of aliphatic hydroxyl groups is 2. The Balaban J connectivity index is 1.27. The van der Waals surface area contributed by atoms with Gasteiger partial charge < -0.3 is 30.9 Å². The zero-order valence-electron chi connectivity index (χ0n) is 29.2. The number of carbonyl (C=O) groups excluding carboxylic acids is 2. The second-order valence-electron chi connectivity index (χ2n) is 12.5. The first-order valence-corrected chi connectivity index (χ1v) is 18.7. The van der Waals surface area contributed by atoms with Crippen molar-refractivity contribution in [1.82, 2.24) is 34.5 Å². The minimum Gasteiger partial charge on any atom is -0.387 e. The van der Waals surface area contributed by atoms with Gasteiger partial charge in [-0.15, -0.1) is 0 Å². The molecule has 0 bridgehead atoms. The van der Waals surface area contributed by atoms with Crippen LogP contribution < -0.4 is 16.0 Å². The molecular formula is C37H42N8O7S. The van der Waals surface area contributed by atoms with Gasteiger partial charge >= 0.3 is 0 Å². The van der Waals surface area contributed by atoms with Gasteiger partial charge in [-0.1, -0.05) is 78.9 Å². The smallest absolute Gasteiger partial charge is 0.289 e. The Morgan fingerprint density at radius 1 is 0.906 bits per heavy atom. The monoisotopic (exact) mass is 742 g/mol. The number of nitrogens with one attached hydrogen (secondary N) is 3. The van der Waals surface area contributed by atoms with E-state index in [1.165, 1.54) is 34.4 Å². The molecule has 1 saturated heterocycles. The first-order valence-electron chi connectivity index (χ1n) is 17.3. The SMILES string of the molecule is CCNC(=O)[C@H]1O[C@@H](n2cnc3c(NCC(c4ccccc4)c4ccccc4)nc(C(=O)NCCCN(C)S(=O)(=O)c4ccccc4)nc32)[C@H](O)[C@@H]1O. The van der Waals surface area contributed by atoms with E-state index in [0.717, 1.165) is 11.1 Å². The summed E-state index contributed by atoms with van der Waals surface area (Å²) in [5, 5.41) is 30.4. The van der Waals surface area contributed by atoms with Crippen molar-refractivity contribution in [3.63, 3.8) is 0 Å². The van der Waals surface area contributed by atoms with Crippen molar-refractivity contribution in [2.24, 2.45) is 0 Å². The van der Waals surface area contributed by atoms with Gasteiger partial charge in [0, 0.05) is 39.1 Å². The number of aliphatic hydroxyl groups excluding tert-OH is 2. The fourth-order valence-electron chi connectivity index (χ4n) is 6.18. The molecule has 0 spiro atoms. The average Bonchev–Trinajstić information content (AvgIpc) is 3.74. The summed E-state index contributed by atoms with van der Waals surface area (Å²) in [6, 6.07) is 27.9. The maximum Gasteiger partial charge on any atom is 0.289 e. The molecule has 0 aliphatic carbocycles. The first-order chi connectivity index (χ1) is 25.6. The third-order valence-electron chi connectivity index (χ3n) is 9.01. The molecule has 5 aromatic rings. The van der Waals surface area contributed by atoms with Crippen molar-refractivity contribution in [1.29, 1.82) is 0 Å². The number of hydrogen-bond donors (Lipinski definition) is 5. The van der Waals surface area contributed by atoms with Crippen LogP contribution in [0, 0.1) is 0 Å². The molecule has 278 valence electrons. The topological polar surface area (TPSA) is 201 Å². The third kappa shape index (κ3) is 8.21. The number of likely N-dealkylation sites (N-methyl/N-ethyl adjacent to an activating group) is 1. The van der Waals surface area contributed by atoms with Crippen LogP contribution in [-0.4, -0.2) is 106 Å². The quantitative estimate of drug-likeness (QED) is 0.0986. The average molecular weight is 743 g/mol. The van der Waals surface area contributed by atoms with E-state index in [9.17, 15) is 28.2 Å². The summed E-state index contributed by atoms with van der Waals surface area (Å²) in [5.74, 6) is -1.32. The maximum atomic E-state index is 13.6. The standard InChI is InChI=1S/C37H42N8O7S/c1-3-38-35(48)31-29(46)30(47)37(52-31)45-23-41-28-32(40-22-27(24-14-7-4-8-15-24)25-16-9-5-10-17-25)42-33(43-34(28)45)36(49)39-20-13-21-44(2)53(50,51)26-18-11-6-12-19-26/h4-12,14-19,23,27,29-31,37,46-47H,3,13,20-22H2,1-2H3,(H,38,48)(H,39,49)(H,40,42,43)/t29-,30+,31-,37+/m0/s1. The molecule has 5 N–H and O–H groups in total. The van der Waals surface area contributed by atoms with Crippen LogP contribution in [0.2, 0.25) is 0 Å². The summed E-state index contributed by atoms with van der Waals surface area (Å²) in [6.45, 7) is 2.64. The second-order valence-corrected chi connectivity index (χ2v) is 14.6. The van der Waals surface area contributed by atoms with E-state index in [1.54, 1.807) is 25.1 Å². The van der Waals surface area contributed by atoms with Gasteiger partial charge in [0.25, 0.3) is 11.8 Å². The highest BCUT2D eigenvalue weighted by atomic mass is 32.2. The van der Waals surface area contributed by atoms with E-state index in [1.807, 2.05) is 60.7 Å². The molecule has 1 aliphatic rings. The number of benzene rings is 3. The highest BCUT2D eigenvalue weighted by Crippen LogP contribution is 2.33. The van der Waals surface area contributed by atoms with E-state index in [4.69, 9.17) is 4.74 Å². The van der Waals surface area contributed by atoms with Crippen molar-refractivity contribution in [3.05, 3.63) is 114 Å². The number of carbonyl (C=O) groups is 2. The van der Waals surface area contributed by atoms with Crippen molar-refractivity contribution < 1.29 is 33.0 Å². The molecule has 1 fully saturated rings. The number of amides is 2. The molecule has 16 heteroatoms. The van der Waals surface area contributed by atoms with Crippen LogP contribution in [0.3, 0.4) is 0 Å². The van der Waals surface area contributed by atoms with Crippen LogP contribution in [0.1, 0.15) is 47.2 Å². The molecule has 15 nitrogen and oxygen atoms in total. The maximum absolute atomic E-state index is 13.6. The Labute approximate surface area is 307 Å². The molecule has 3 heterocycles. The predicted molar refractivity (Wildman–Crippen MR) is 196 cm³/mol. The predicted octanol–water partition coefficient (Wildman–Crippen LogP) is 2.27. The van der Waals surface area contributed by atoms with Crippen LogP contribution in [0.4, 0.5) is 5.82 Å². The lowest BCUT2D eigenvalue weighted by atomic mass is 9.91. The minimum absolute atomic E-state index is 0.112. The van der Waals surface area contributed by atoms with Gasteiger partial charge in [-0.2, -0.15) is 0 Å². The summed E-state index contributed by atoms with van der Waals surface area (Å²) in [6.07, 6.45) is -4.01. The lowest BCUT2D eigenvalue weighted by Gasteiger charge is -2.20. The summed E-state index contributed by atoms with van der Waals surface area (Å²) < 4.78 is 34.3. The van der Waals surface area contributed by atoms with Gasteiger partial charge in [0.15, 0.2) is 29.3 Å².